The molecule has 4 rings (SSSR count). The van der Waals surface area contributed by atoms with Gasteiger partial charge in [-0.1, -0.05) is 18.2 Å². The van der Waals surface area contributed by atoms with E-state index in [0.29, 0.717) is 16.8 Å². The van der Waals surface area contributed by atoms with E-state index in [9.17, 15) is 27.9 Å². The first-order chi connectivity index (χ1) is 12.7. The van der Waals surface area contributed by atoms with Crippen molar-refractivity contribution in [2.45, 2.75) is 24.7 Å². The largest absolute Gasteiger partial charge is 0.416 e. The van der Waals surface area contributed by atoms with Gasteiger partial charge in [-0.05, 0) is 35.4 Å². The number of rotatable bonds is 1. The van der Waals surface area contributed by atoms with E-state index in [0.717, 1.165) is 12.1 Å². The number of benzene rings is 2. The summed E-state index contributed by atoms with van der Waals surface area (Å²) in [5.41, 5.74) is 0.464. The minimum Gasteiger partial charge on any atom is -0.391 e. The Balaban J connectivity index is 1.77. The van der Waals surface area contributed by atoms with Crippen molar-refractivity contribution in [3.05, 3.63) is 53.6 Å². The molecule has 2 N–H and O–H groups in total. The Morgan fingerprint density at radius 1 is 1.07 bits per heavy atom. The summed E-state index contributed by atoms with van der Waals surface area (Å²) < 4.78 is 38.9. The highest BCUT2D eigenvalue weighted by atomic mass is 19.4. The van der Waals surface area contributed by atoms with E-state index < -0.39 is 29.8 Å². The predicted octanol–water partition coefficient (Wildman–Crippen LogP) is 2.90. The maximum absolute atomic E-state index is 13.0. The molecular formula is C19H15F3N2O3. The van der Waals surface area contributed by atoms with Crippen molar-refractivity contribution in [2.24, 2.45) is 0 Å². The Labute approximate surface area is 152 Å². The van der Waals surface area contributed by atoms with Crippen LogP contribution in [0.5, 0.6) is 0 Å². The van der Waals surface area contributed by atoms with Gasteiger partial charge in [-0.25, -0.2) is 0 Å². The predicted molar refractivity (Wildman–Crippen MR) is 91.0 cm³/mol. The van der Waals surface area contributed by atoms with Crippen LogP contribution in [0, 0.1) is 0 Å². The summed E-state index contributed by atoms with van der Waals surface area (Å²) in [5, 5.41) is 12.5. The van der Waals surface area contributed by atoms with E-state index in [1.807, 2.05) is 0 Å². The Hall–Kier alpha value is -2.87. The molecule has 0 saturated carbocycles. The number of nitrogens with one attached hydrogen (secondary N) is 1. The topological polar surface area (TPSA) is 69.6 Å². The van der Waals surface area contributed by atoms with Crippen molar-refractivity contribution < 1.29 is 27.9 Å². The molecule has 2 aliphatic rings. The SMILES string of the molecule is O=C1Nc2ccc(-c3cccc(C(F)(F)F)c3)cc2C(=O)N2CC(O)CC12. The monoisotopic (exact) mass is 376 g/mol. The lowest BCUT2D eigenvalue weighted by Gasteiger charge is -2.19. The minimum absolute atomic E-state index is 0.0458. The molecule has 2 aromatic carbocycles. The van der Waals surface area contributed by atoms with Gasteiger partial charge in [0, 0.05) is 13.0 Å². The number of aliphatic hydroxyl groups is 1. The number of fused-ring (bicyclic) bond motifs is 2. The molecule has 2 atom stereocenters. The summed E-state index contributed by atoms with van der Waals surface area (Å²) in [6.07, 6.45) is -5.09. The molecular weight excluding hydrogens is 361 g/mol. The number of alkyl halides is 3. The molecule has 1 fully saturated rings. The molecule has 0 aromatic heterocycles. The van der Waals surface area contributed by atoms with Crippen LogP contribution >= 0.6 is 0 Å². The van der Waals surface area contributed by atoms with Gasteiger partial charge < -0.3 is 15.3 Å². The number of halogens is 3. The molecule has 2 heterocycles. The summed E-state index contributed by atoms with van der Waals surface area (Å²) in [6, 6.07) is 8.63. The zero-order valence-electron chi connectivity index (χ0n) is 14.0. The van der Waals surface area contributed by atoms with Gasteiger partial charge in [-0.15, -0.1) is 0 Å². The van der Waals surface area contributed by atoms with Gasteiger partial charge in [0.1, 0.15) is 6.04 Å². The van der Waals surface area contributed by atoms with Crippen molar-refractivity contribution in [1.82, 2.24) is 4.90 Å². The van der Waals surface area contributed by atoms with E-state index in [-0.39, 0.29) is 24.4 Å². The van der Waals surface area contributed by atoms with Crippen molar-refractivity contribution in [3.8, 4) is 11.1 Å². The van der Waals surface area contributed by atoms with Gasteiger partial charge in [0.2, 0.25) is 5.91 Å². The Bertz CT molecular complexity index is 942. The minimum atomic E-state index is -4.47. The van der Waals surface area contributed by atoms with Crippen LogP contribution in [0.1, 0.15) is 22.3 Å². The average molecular weight is 376 g/mol. The van der Waals surface area contributed by atoms with Gasteiger partial charge in [0.05, 0.1) is 22.9 Å². The van der Waals surface area contributed by atoms with Crippen LogP contribution in [0.3, 0.4) is 0 Å². The van der Waals surface area contributed by atoms with Crippen LogP contribution < -0.4 is 5.32 Å². The highest BCUT2D eigenvalue weighted by molar-refractivity contribution is 6.10. The lowest BCUT2D eigenvalue weighted by Crippen LogP contribution is -2.40. The zero-order chi connectivity index (χ0) is 19.3. The highest BCUT2D eigenvalue weighted by Crippen LogP contribution is 2.35. The molecule has 0 bridgehead atoms. The van der Waals surface area contributed by atoms with Gasteiger partial charge >= 0.3 is 6.18 Å². The first-order valence-electron chi connectivity index (χ1n) is 8.35. The van der Waals surface area contributed by atoms with Crippen molar-refractivity contribution >= 4 is 17.5 Å². The van der Waals surface area contributed by atoms with Gasteiger partial charge in [-0.3, -0.25) is 9.59 Å². The van der Waals surface area contributed by atoms with Crippen molar-refractivity contribution in [2.75, 3.05) is 11.9 Å². The molecule has 2 aliphatic heterocycles. The number of amides is 2. The molecule has 5 nitrogen and oxygen atoms in total. The summed E-state index contributed by atoms with van der Waals surface area (Å²) in [6.45, 7) is 0.0458. The van der Waals surface area contributed by atoms with E-state index >= 15 is 0 Å². The second-order valence-corrected chi connectivity index (χ2v) is 6.69. The first-order valence-corrected chi connectivity index (χ1v) is 8.35. The number of hydrogen-bond donors (Lipinski definition) is 2. The smallest absolute Gasteiger partial charge is 0.391 e. The zero-order valence-corrected chi connectivity index (χ0v) is 14.0. The van der Waals surface area contributed by atoms with Crippen LogP contribution in [-0.4, -0.2) is 40.5 Å². The lowest BCUT2D eigenvalue weighted by atomic mass is 9.99. The number of anilines is 1. The molecule has 27 heavy (non-hydrogen) atoms. The quantitative estimate of drug-likeness (QED) is 0.804. The van der Waals surface area contributed by atoms with E-state index in [1.165, 1.54) is 29.2 Å². The Kier molecular flexibility index (Phi) is 3.96. The maximum atomic E-state index is 13.0. The standard InChI is InChI=1S/C19H15F3N2O3/c20-19(21,22)12-3-1-2-10(6-12)11-4-5-15-14(7-11)18(27)24-9-13(25)8-16(24)17(26)23-15/h1-7,13,16,25H,8-9H2,(H,23,26). The molecule has 1 saturated heterocycles. The number of carbonyl (C=O) groups is 2. The maximum Gasteiger partial charge on any atom is 0.416 e. The van der Waals surface area contributed by atoms with Crippen molar-refractivity contribution in [1.29, 1.82) is 0 Å². The molecule has 2 aromatic rings. The second kappa shape index (κ2) is 6.09. The Morgan fingerprint density at radius 2 is 1.81 bits per heavy atom. The summed E-state index contributed by atoms with van der Waals surface area (Å²) in [4.78, 5) is 26.5. The van der Waals surface area contributed by atoms with Crippen LogP contribution in [0.15, 0.2) is 42.5 Å². The molecule has 0 spiro atoms. The van der Waals surface area contributed by atoms with E-state index in [2.05, 4.69) is 5.32 Å². The van der Waals surface area contributed by atoms with Crippen LogP contribution in [0.4, 0.5) is 18.9 Å². The van der Waals surface area contributed by atoms with E-state index in [4.69, 9.17) is 0 Å². The fourth-order valence-electron chi connectivity index (χ4n) is 3.54. The average Bonchev–Trinajstić information content (AvgIpc) is 2.99. The third-order valence-electron chi connectivity index (χ3n) is 4.87. The fraction of sp³-hybridized carbons (Fsp3) is 0.263. The highest BCUT2D eigenvalue weighted by Gasteiger charge is 2.42. The Morgan fingerprint density at radius 3 is 2.56 bits per heavy atom. The van der Waals surface area contributed by atoms with Crippen molar-refractivity contribution in [3.63, 3.8) is 0 Å². The molecule has 8 heteroatoms. The molecule has 140 valence electrons. The number of hydrogen-bond acceptors (Lipinski definition) is 3. The molecule has 0 radical (unpaired) electrons. The van der Waals surface area contributed by atoms with Gasteiger partial charge in [0.15, 0.2) is 0 Å². The summed E-state index contributed by atoms with van der Waals surface area (Å²) in [7, 11) is 0. The van der Waals surface area contributed by atoms with Crippen LogP contribution in [0.25, 0.3) is 11.1 Å². The lowest BCUT2D eigenvalue weighted by molar-refractivity contribution is -0.137. The molecule has 2 amide bonds. The van der Waals surface area contributed by atoms with Gasteiger partial charge in [0.25, 0.3) is 5.91 Å². The summed E-state index contributed by atoms with van der Waals surface area (Å²) >= 11 is 0. The second-order valence-electron chi connectivity index (χ2n) is 6.69. The number of aliphatic hydroxyl groups excluding tert-OH is 1. The number of nitrogens with zero attached hydrogens (tertiary/aromatic N) is 1. The third-order valence-corrected chi connectivity index (χ3v) is 4.87. The summed E-state index contributed by atoms with van der Waals surface area (Å²) in [5.74, 6) is -0.816. The van der Waals surface area contributed by atoms with Crippen LogP contribution in [-0.2, 0) is 11.0 Å². The first kappa shape index (κ1) is 17.5. The van der Waals surface area contributed by atoms with E-state index in [1.54, 1.807) is 6.07 Å². The van der Waals surface area contributed by atoms with Crippen LogP contribution in [0.2, 0.25) is 0 Å². The fourth-order valence-corrected chi connectivity index (χ4v) is 3.54. The number of carbonyl (C=O) groups excluding carboxylic acids is 2. The molecule has 2 unspecified atom stereocenters. The molecule has 0 aliphatic carbocycles. The van der Waals surface area contributed by atoms with Gasteiger partial charge in [-0.2, -0.15) is 13.2 Å². The third kappa shape index (κ3) is 3.06. The normalized spacial score (nSPS) is 22.1.